The molecule has 0 aliphatic rings. The standard InChI is InChI=1S/C34H36O11/c1-6-43-31(36)13-11-22-15-24(32(37)28(18-22)41-4)25-16-23(19-29(42-5)33(25)38)20-30(34(39)44-7-2)45-26-12-10-21(9-8-14-35)17-27(26)40-3/h8-13,15-20,35,37-38H,6-7,14H2,1-5H3/b9-8+,13-11+,30-20-. The number of aliphatic hydroxyl groups is 1. The molecule has 0 bridgehead atoms. The number of aliphatic hydroxyl groups excluding tert-OH is 1. The third-order valence-electron chi connectivity index (χ3n) is 6.22. The van der Waals surface area contributed by atoms with Crippen molar-refractivity contribution in [2.24, 2.45) is 0 Å². The third kappa shape index (κ3) is 8.80. The Balaban J connectivity index is 2.18. The molecule has 0 aromatic heterocycles. The zero-order chi connectivity index (χ0) is 32.9. The van der Waals surface area contributed by atoms with Gasteiger partial charge >= 0.3 is 11.9 Å². The molecule has 0 aliphatic heterocycles. The topological polar surface area (TPSA) is 150 Å². The molecule has 238 valence electrons. The lowest BCUT2D eigenvalue weighted by Crippen LogP contribution is -2.13. The number of carbonyl (C=O) groups excluding carboxylic acids is 2. The average Bonchev–Trinajstić information content (AvgIpc) is 3.04. The molecule has 0 heterocycles. The molecule has 0 spiro atoms. The Kier molecular flexibility index (Phi) is 12.4. The number of carbonyl (C=O) groups is 2. The van der Waals surface area contributed by atoms with Crippen LogP contribution < -0.4 is 18.9 Å². The summed E-state index contributed by atoms with van der Waals surface area (Å²) in [5, 5.41) is 31.2. The van der Waals surface area contributed by atoms with Gasteiger partial charge in [-0.25, -0.2) is 9.59 Å². The van der Waals surface area contributed by atoms with Gasteiger partial charge in [0.15, 0.2) is 34.5 Å². The summed E-state index contributed by atoms with van der Waals surface area (Å²) in [5.74, 6) is -1.47. The lowest BCUT2D eigenvalue weighted by atomic mass is 9.97. The number of hydrogen-bond donors (Lipinski definition) is 3. The summed E-state index contributed by atoms with van der Waals surface area (Å²) < 4.78 is 32.3. The highest BCUT2D eigenvalue weighted by molar-refractivity contribution is 5.93. The molecule has 0 atom stereocenters. The van der Waals surface area contributed by atoms with Crippen molar-refractivity contribution >= 4 is 30.2 Å². The van der Waals surface area contributed by atoms with Gasteiger partial charge in [0.05, 0.1) is 41.2 Å². The first-order chi connectivity index (χ1) is 21.7. The fourth-order valence-corrected chi connectivity index (χ4v) is 4.18. The summed E-state index contributed by atoms with van der Waals surface area (Å²) in [6.45, 7) is 3.49. The maximum absolute atomic E-state index is 13.0. The largest absolute Gasteiger partial charge is 0.504 e. The first-order valence-electron chi connectivity index (χ1n) is 13.9. The van der Waals surface area contributed by atoms with Crippen LogP contribution in [0.1, 0.15) is 30.5 Å². The molecule has 3 N–H and O–H groups in total. The van der Waals surface area contributed by atoms with Gasteiger partial charge in [0.1, 0.15) is 0 Å². The Morgan fingerprint density at radius 2 is 1.29 bits per heavy atom. The number of esters is 2. The Morgan fingerprint density at radius 1 is 0.711 bits per heavy atom. The Hall–Kier alpha value is -5.42. The van der Waals surface area contributed by atoms with E-state index in [1.54, 1.807) is 44.2 Å². The van der Waals surface area contributed by atoms with Gasteiger partial charge in [0, 0.05) is 17.2 Å². The number of phenols is 2. The summed E-state index contributed by atoms with van der Waals surface area (Å²) in [5.41, 5.74) is 1.82. The zero-order valence-corrected chi connectivity index (χ0v) is 25.7. The van der Waals surface area contributed by atoms with Crippen molar-refractivity contribution in [3.63, 3.8) is 0 Å². The summed E-state index contributed by atoms with van der Waals surface area (Å²) >= 11 is 0. The Labute approximate surface area is 261 Å². The van der Waals surface area contributed by atoms with Gasteiger partial charge in [-0.1, -0.05) is 18.2 Å². The predicted molar refractivity (Wildman–Crippen MR) is 168 cm³/mol. The van der Waals surface area contributed by atoms with E-state index >= 15 is 0 Å². The lowest BCUT2D eigenvalue weighted by molar-refractivity contribution is -0.141. The molecule has 3 aromatic rings. The van der Waals surface area contributed by atoms with Gasteiger partial charge in [-0.2, -0.15) is 0 Å². The number of phenolic OH excluding ortho intramolecular Hbond substituents is 2. The normalized spacial score (nSPS) is 11.5. The highest BCUT2D eigenvalue weighted by Gasteiger charge is 2.21. The highest BCUT2D eigenvalue weighted by Crippen LogP contribution is 2.46. The van der Waals surface area contributed by atoms with Crippen LogP contribution in [0.3, 0.4) is 0 Å². The first-order valence-corrected chi connectivity index (χ1v) is 13.9. The molecule has 0 aliphatic carbocycles. The minimum absolute atomic E-state index is 0.0328. The summed E-state index contributed by atoms with van der Waals surface area (Å²) in [6, 6.07) is 11.0. The molecule has 0 amide bonds. The molecule has 0 saturated carbocycles. The van der Waals surface area contributed by atoms with Crippen molar-refractivity contribution in [2.45, 2.75) is 13.8 Å². The number of methoxy groups -OCH3 is 3. The van der Waals surface area contributed by atoms with Crippen LogP contribution >= 0.6 is 0 Å². The summed E-state index contributed by atoms with van der Waals surface area (Å²) in [4.78, 5) is 24.9. The molecule has 45 heavy (non-hydrogen) atoms. The quantitative estimate of drug-likeness (QED) is 0.121. The Bertz CT molecular complexity index is 1600. The molecule has 0 unspecified atom stereocenters. The van der Waals surface area contributed by atoms with Gasteiger partial charge in [0.2, 0.25) is 5.76 Å². The first kappa shape index (κ1) is 34.1. The van der Waals surface area contributed by atoms with Crippen LogP contribution in [0.25, 0.3) is 29.4 Å². The fraction of sp³-hybridized carbons (Fsp3) is 0.235. The second-order valence-electron chi connectivity index (χ2n) is 9.15. The predicted octanol–water partition coefficient (Wildman–Crippen LogP) is 5.36. The molecule has 0 radical (unpaired) electrons. The highest BCUT2D eigenvalue weighted by atomic mass is 16.6. The molecular weight excluding hydrogens is 584 g/mol. The molecule has 11 nitrogen and oxygen atoms in total. The molecular formula is C34H36O11. The second kappa shape index (κ2) is 16.4. The molecule has 3 rings (SSSR count). The van der Waals surface area contributed by atoms with E-state index in [0.29, 0.717) is 16.9 Å². The summed E-state index contributed by atoms with van der Waals surface area (Å²) in [7, 11) is 4.17. The fourth-order valence-electron chi connectivity index (χ4n) is 4.18. The molecule has 0 saturated heterocycles. The van der Waals surface area contributed by atoms with Crippen LogP contribution in [-0.4, -0.2) is 68.4 Å². The third-order valence-corrected chi connectivity index (χ3v) is 6.22. The molecule has 3 aromatic carbocycles. The van der Waals surface area contributed by atoms with E-state index in [-0.39, 0.29) is 65.5 Å². The smallest absolute Gasteiger partial charge is 0.374 e. The van der Waals surface area contributed by atoms with Crippen molar-refractivity contribution < 1.29 is 53.3 Å². The van der Waals surface area contributed by atoms with E-state index in [2.05, 4.69) is 0 Å². The van der Waals surface area contributed by atoms with E-state index in [1.807, 2.05) is 0 Å². The number of ether oxygens (including phenoxy) is 6. The maximum Gasteiger partial charge on any atom is 0.374 e. The van der Waals surface area contributed by atoms with Crippen LogP contribution in [0.2, 0.25) is 0 Å². The monoisotopic (exact) mass is 620 g/mol. The van der Waals surface area contributed by atoms with Gasteiger partial charge in [-0.15, -0.1) is 0 Å². The maximum atomic E-state index is 13.0. The zero-order valence-electron chi connectivity index (χ0n) is 25.7. The second-order valence-corrected chi connectivity index (χ2v) is 9.15. The van der Waals surface area contributed by atoms with Crippen LogP contribution in [0.4, 0.5) is 0 Å². The van der Waals surface area contributed by atoms with Crippen LogP contribution in [0, 0.1) is 0 Å². The molecule has 11 heteroatoms. The number of aromatic hydroxyl groups is 2. The van der Waals surface area contributed by atoms with Crippen LogP contribution in [0.5, 0.6) is 34.5 Å². The van der Waals surface area contributed by atoms with Gasteiger partial charge in [-0.05, 0) is 79.1 Å². The average molecular weight is 621 g/mol. The van der Waals surface area contributed by atoms with E-state index < -0.39 is 11.9 Å². The van der Waals surface area contributed by atoms with Gasteiger partial charge in [-0.3, -0.25) is 0 Å². The van der Waals surface area contributed by atoms with Gasteiger partial charge in [0.25, 0.3) is 0 Å². The number of benzene rings is 3. The van der Waals surface area contributed by atoms with Crippen LogP contribution in [-0.2, 0) is 19.1 Å². The molecule has 0 fully saturated rings. The minimum atomic E-state index is -0.770. The van der Waals surface area contributed by atoms with Gasteiger partial charge < -0.3 is 43.7 Å². The van der Waals surface area contributed by atoms with E-state index in [9.17, 15) is 19.8 Å². The van der Waals surface area contributed by atoms with E-state index in [1.165, 1.54) is 63.8 Å². The van der Waals surface area contributed by atoms with Crippen molar-refractivity contribution in [1.29, 1.82) is 0 Å². The number of hydrogen-bond acceptors (Lipinski definition) is 11. The van der Waals surface area contributed by atoms with Crippen molar-refractivity contribution in [3.8, 4) is 45.6 Å². The lowest BCUT2D eigenvalue weighted by Gasteiger charge is -2.16. The van der Waals surface area contributed by atoms with Crippen molar-refractivity contribution in [3.05, 3.63) is 77.1 Å². The van der Waals surface area contributed by atoms with Crippen LogP contribution in [0.15, 0.2) is 60.4 Å². The number of rotatable bonds is 14. The van der Waals surface area contributed by atoms with Crippen molar-refractivity contribution in [2.75, 3.05) is 41.2 Å². The summed E-state index contributed by atoms with van der Waals surface area (Å²) in [6.07, 6.45) is 7.36. The minimum Gasteiger partial charge on any atom is -0.504 e. The van der Waals surface area contributed by atoms with E-state index in [4.69, 9.17) is 33.5 Å². The van der Waals surface area contributed by atoms with Crippen molar-refractivity contribution in [1.82, 2.24) is 0 Å². The van der Waals surface area contributed by atoms with E-state index in [0.717, 1.165) is 5.56 Å². The SMILES string of the molecule is CCOC(=O)/C=C/c1cc(OC)c(O)c(-c2cc(/C=C(\Oc3ccc(/C=C/CO)cc3OC)C(=O)OCC)cc(OC)c2O)c1. The Morgan fingerprint density at radius 3 is 1.87 bits per heavy atom.